The van der Waals surface area contributed by atoms with E-state index in [0.717, 1.165) is 25.7 Å². The van der Waals surface area contributed by atoms with E-state index in [2.05, 4.69) is 51.0 Å². The maximum absolute atomic E-state index is 12.3. The molecule has 1 fully saturated rings. The third-order valence-corrected chi connectivity index (χ3v) is 4.63. The minimum absolute atomic E-state index is 0.0294. The van der Waals surface area contributed by atoms with Crippen LogP contribution < -0.4 is 5.32 Å². The van der Waals surface area contributed by atoms with Gasteiger partial charge in [-0.2, -0.15) is 0 Å². The van der Waals surface area contributed by atoms with Crippen LogP contribution in [0.2, 0.25) is 0 Å². The second kappa shape index (κ2) is 5.18. The molecule has 108 valence electrons. The molecule has 0 aromatic carbocycles. The molecule has 3 aliphatic heterocycles. The Balaban J connectivity index is 2.41. The summed E-state index contributed by atoms with van der Waals surface area (Å²) >= 11 is 0. The summed E-state index contributed by atoms with van der Waals surface area (Å²) in [6.45, 7) is 11.1. The first-order valence-electron chi connectivity index (χ1n) is 7.55. The smallest absolute Gasteiger partial charge is 0.223 e. The summed E-state index contributed by atoms with van der Waals surface area (Å²) in [6.07, 6.45) is 6.45. The molecule has 1 amide bonds. The minimum Gasteiger partial charge on any atom is -0.370 e. The van der Waals surface area contributed by atoms with Crippen molar-refractivity contribution >= 4 is 5.91 Å². The Morgan fingerprint density at radius 3 is 2.68 bits per heavy atom. The molecule has 3 atom stereocenters. The molecule has 0 radical (unpaired) electrons. The van der Waals surface area contributed by atoms with Gasteiger partial charge in [0.1, 0.15) is 0 Å². The Kier molecular flexibility index (Phi) is 3.93. The summed E-state index contributed by atoms with van der Waals surface area (Å²) in [6, 6.07) is 0.854. The molecule has 3 nitrogen and oxygen atoms in total. The molecule has 3 heterocycles. The molecule has 3 rings (SSSR count). The average Bonchev–Trinajstić information content (AvgIpc) is 2.29. The molecule has 2 bridgehead atoms. The highest BCUT2D eigenvalue weighted by Crippen LogP contribution is 2.32. The van der Waals surface area contributed by atoms with Gasteiger partial charge in [-0.1, -0.05) is 12.5 Å². The fourth-order valence-electron chi connectivity index (χ4n) is 3.67. The van der Waals surface area contributed by atoms with Crippen LogP contribution in [0.5, 0.6) is 0 Å². The van der Waals surface area contributed by atoms with Crippen molar-refractivity contribution in [2.24, 2.45) is 5.92 Å². The lowest BCUT2D eigenvalue weighted by Crippen LogP contribution is -2.52. The van der Waals surface area contributed by atoms with Crippen LogP contribution >= 0.6 is 0 Å². The summed E-state index contributed by atoms with van der Waals surface area (Å²) in [5, 5.41) is 3.25. The lowest BCUT2D eigenvalue weighted by atomic mass is 9.85. The van der Waals surface area contributed by atoms with E-state index in [1.807, 2.05) is 0 Å². The van der Waals surface area contributed by atoms with Gasteiger partial charge in [-0.05, 0) is 59.6 Å². The van der Waals surface area contributed by atoms with Gasteiger partial charge >= 0.3 is 0 Å². The van der Waals surface area contributed by atoms with Crippen LogP contribution in [-0.2, 0) is 4.79 Å². The van der Waals surface area contributed by atoms with Crippen LogP contribution in [0, 0.1) is 5.92 Å². The van der Waals surface area contributed by atoms with E-state index in [9.17, 15) is 4.79 Å². The second-order valence-corrected chi connectivity index (χ2v) is 7.14. The molecule has 3 aliphatic rings. The number of hydrogen-bond donors (Lipinski definition) is 1. The van der Waals surface area contributed by atoms with Crippen molar-refractivity contribution in [3.8, 4) is 0 Å². The number of hydrogen-bond acceptors (Lipinski definition) is 2. The molecular weight excluding hydrogens is 236 g/mol. The molecule has 0 aromatic rings. The van der Waals surface area contributed by atoms with Crippen molar-refractivity contribution in [1.29, 1.82) is 0 Å². The minimum atomic E-state index is 0.0294. The zero-order chi connectivity index (χ0) is 14.2. The van der Waals surface area contributed by atoms with Crippen LogP contribution in [0.25, 0.3) is 0 Å². The van der Waals surface area contributed by atoms with Gasteiger partial charge in [0.25, 0.3) is 0 Å². The van der Waals surface area contributed by atoms with Gasteiger partial charge in [-0.3, -0.25) is 4.79 Å². The van der Waals surface area contributed by atoms with Gasteiger partial charge in [-0.25, -0.2) is 0 Å². The van der Waals surface area contributed by atoms with Crippen LogP contribution in [0.1, 0.15) is 60.3 Å². The summed E-state index contributed by atoms with van der Waals surface area (Å²) in [5.41, 5.74) is 1.40. The highest BCUT2D eigenvalue weighted by atomic mass is 16.1. The SMILES string of the molecule is C/C1=C\N2C(C)CCC(C1)NC(=O)C(C)CC2(C)C. The van der Waals surface area contributed by atoms with Gasteiger partial charge in [0.2, 0.25) is 5.91 Å². The zero-order valence-corrected chi connectivity index (χ0v) is 13.0. The fraction of sp³-hybridized carbons (Fsp3) is 0.812. The quantitative estimate of drug-likeness (QED) is 0.729. The molecule has 3 unspecified atom stereocenters. The number of carbonyl (C=O) groups excluding carboxylic acids is 1. The van der Waals surface area contributed by atoms with Gasteiger partial charge in [0.15, 0.2) is 0 Å². The highest BCUT2D eigenvalue weighted by Gasteiger charge is 2.35. The first-order chi connectivity index (χ1) is 8.79. The first-order valence-corrected chi connectivity index (χ1v) is 7.55. The Labute approximate surface area is 117 Å². The Hall–Kier alpha value is -0.990. The van der Waals surface area contributed by atoms with E-state index < -0.39 is 0 Å². The van der Waals surface area contributed by atoms with Crippen LogP contribution in [0.4, 0.5) is 0 Å². The number of rotatable bonds is 0. The predicted molar refractivity (Wildman–Crippen MR) is 78.7 cm³/mol. The molecule has 0 saturated carbocycles. The van der Waals surface area contributed by atoms with Gasteiger partial charge in [0.05, 0.1) is 0 Å². The Morgan fingerprint density at radius 1 is 1.32 bits per heavy atom. The molecule has 0 aromatic heterocycles. The largest absolute Gasteiger partial charge is 0.370 e. The monoisotopic (exact) mass is 264 g/mol. The van der Waals surface area contributed by atoms with Gasteiger partial charge < -0.3 is 10.2 Å². The fourth-order valence-corrected chi connectivity index (χ4v) is 3.67. The summed E-state index contributed by atoms with van der Waals surface area (Å²) < 4.78 is 0. The van der Waals surface area contributed by atoms with Crippen LogP contribution in [0.15, 0.2) is 11.8 Å². The maximum Gasteiger partial charge on any atom is 0.223 e. The van der Waals surface area contributed by atoms with Crippen molar-refractivity contribution in [2.75, 3.05) is 0 Å². The van der Waals surface area contributed by atoms with E-state index >= 15 is 0 Å². The normalized spacial score (nSPS) is 38.2. The van der Waals surface area contributed by atoms with Crippen molar-refractivity contribution in [2.45, 2.75) is 77.9 Å². The van der Waals surface area contributed by atoms with E-state index in [1.54, 1.807) is 0 Å². The molecule has 1 N–H and O–H groups in total. The van der Waals surface area contributed by atoms with E-state index in [1.165, 1.54) is 5.57 Å². The topological polar surface area (TPSA) is 32.3 Å². The number of carbonyl (C=O) groups is 1. The second-order valence-electron chi connectivity index (χ2n) is 7.14. The highest BCUT2D eigenvalue weighted by molar-refractivity contribution is 5.78. The average molecular weight is 264 g/mol. The van der Waals surface area contributed by atoms with Crippen molar-refractivity contribution in [3.63, 3.8) is 0 Å². The lowest BCUT2D eigenvalue weighted by Gasteiger charge is -2.46. The van der Waals surface area contributed by atoms with E-state index in [0.29, 0.717) is 12.1 Å². The molecular formula is C16H28N2O. The first kappa shape index (κ1) is 14.4. The Morgan fingerprint density at radius 2 is 2.00 bits per heavy atom. The lowest BCUT2D eigenvalue weighted by molar-refractivity contribution is -0.126. The van der Waals surface area contributed by atoms with Gasteiger partial charge in [-0.15, -0.1) is 0 Å². The van der Waals surface area contributed by atoms with Crippen LogP contribution in [-0.4, -0.2) is 28.4 Å². The number of fused-ring (bicyclic) bond motifs is 7. The Bertz CT molecular complexity index is 386. The van der Waals surface area contributed by atoms with Crippen LogP contribution in [0.3, 0.4) is 0 Å². The number of nitrogens with one attached hydrogen (secondary N) is 1. The molecule has 0 spiro atoms. The molecule has 19 heavy (non-hydrogen) atoms. The van der Waals surface area contributed by atoms with E-state index in [-0.39, 0.29) is 17.4 Å². The third-order valence-electron chi connectivity index (χ3n) is 4.63. The molecule has 3 heteroatoms. The van der Waals surface area contributed by atoms with Gasteiger partial charge in [0, 0.05) is 23.5 Å². The predicted octanol–water partition coefficient (Wildman–Crippen LogP) is 3.07. The molecule has 1 saturated heterocycles. The summed E-state index contributed by atoms with van der Waals surface area (Å²) in [4.78, 5) is 14.8. The third kappa shape index (κ3) is 3.13. The molecule has 0 aliphatic carbocycles. The number of nitrogens with zero attached hydrogens (tertiary/aromatic N) is 1. The van der Waals surface area contributed by atoms with Crippen molar-refractivity contribution in [3.05, 3.63) is 11.8 Å². The summed E-state index contributed by atoms with van der Waals surface area (Å²) in [5.74, 6) is 0.305. The summed E-state index contributed by atoms with van der Waals surface area (Å²) in [7, 11) is 0. The van der Waals surface area contributed by atoms with Crippen molar-refractivity contribution in [1.82, 2.24) is 10.2 Å². The zero-order valence-electron chi connectivity index (χ0n) is 13.0. The number of amides is 1. The van der Waals surface area contributed by atoms with Crippen molar-refractivity contribution < 1.29 is 4.79 Å². The standard InChI is InChI=1S/C16H28N2O/c1-11-8-14-7-6-13(3)18(10-11)16(4,5)9-12(2)15(19)17-14/h10,12-14H,6-9H2,1-5H3,(H,17,19)/b11-10+. The maximum atomic E-state index is 12.3. The van der Waals surface area contributed by atoms with E-state index in [4.69, 9.17) is 0 Å².